The smallest absolute Gasteiger partial charge is 0.285 e. The van der Waals surface area contributed by atoms with Gasteiger partial charge in [-0.1, -0.05) is 36.4 Å². The Labute approximate surface area is 104 Å². The van der Waals surface area contributed by atoms with Crippen molar-refractivity contribution in [2.75, 3.05) is 6.54 Å². The van der Waals surface area contributed by atoms with Crippen LogP contribution in [0.4, 0.5) is 8.78 Å². The van der Waals surface area contributed by atoms with Crippen LogP contribution in [0.3, 0.4) is 0 Å². The molecule has 1 aliphatic rings. The van der Waals surface area contributed by atoms with Gasteiger partial charge in [-0.05, 0) is 34.7 Å². The molecule has 0 aliphatic heterocycles. The van der Waals surface area contributed by atoms with Crippen LogP contribution in [0.15, 0.2) is 42.5 Å². The van der Waals surface area contributed by atoms with Gasteiger partial charge in [-0.2, -0.15) is 8.78 Å². The zero-order chi connectivity index (χ0) is 12.8. The molecule has 0 saturated heterocycles. The van der Waals surface area contributed by atoms with Crippen LogP contribution in [-0.4, -0.2) is 6.54 Å². The largest absolute Gasteiger partial charge is 0.325 e. The number of alkyl halides is 2. The van der Waals surface area contributed by atoms with Gasteiger partial charge in [0, 0.05) is 5.56 Å². The molecular formula is C15H13F2N. The topological polar surface area (TPSA) is 26.0 Å². The maximum atomic E-state index is 13.6. The SMILES string of the molecule is NCC(F)(F)c1ccc2c(c1)Cc1ccccc1-2. The van der Waals surface area contributed by atoms with Crippen LogP contribution in [0.2, 0.25) is 0 Å². The third-order valence-electron chi connectivity index (χ3n) is 3.47. The minimum Gasteiger partial charge on any atom is -0.325 e. The summed E-state index contributed by atoms with van der Waals surface area (Å²) in [5.74, 6) is -2.94. The predicted octanol–water partition coefficient (Wildman–Crippen LogP) is 3.31. The van der Waals surface area contributed by atoms with Crippen LogP contribution in [0.1, 0.15) is 16.7 Å². The molecule has 0 radical (unpaired) electrons. The molecule has 18 heavy (non-hydrogen) atoms. The highest BCUT2D eigenvalue weighted by atomic mass is 19.3. The van der Waals surface area contributed by atoms with Gasteiger partial charge >= 0.3 is 0 Å². The lowest BCUT2D eigenvalue weighted by Gasteiger charge is -2.15. The van der Waals surface area contributed by atoms with Gasteiger partial charge in [0.25, 0.3) is 5.92 Å². The normalized spacial score (nSPS) is 13.3. The molecule has 1 nitrogen and oxygen atoms in total. The Morgan fingerprint density at radius 1 is 1.00 bits per heavy atom. The maximum Gasteiger partial charge on any atom is 0.285 e. The van der Waals surface area contributed by atoms with Gasteiger partial charge in [0.05, 0.1) is 6.54 Å². The van der Waals surface area contributed by atoms with Gasteiger partial charge in [0.1, 0.15) is 0 Å². The van der Waals surface area contributed by atoms with Crippen molar-refractivity contribution in [2.45, 2.75) is 12.3 Å². The lowest BCUT2D eigenvalue weighted by Crippen LogP contribution is -2.25. The van der Waals surface area contributed by atoms with Crippen LogP contribution in [0, 0.1) is 0 Å². The predicted molar refractivity (Wildman–Crippen MR) is 67.6 cm³/mol. The first-order valence-corrected chi connectivity index (χ1v) is 5.91. The lowest BCUT2D eigenvalue weighted by atomic mass is 10.0. The molecule has 0 unspecified atom stereocenters. The molecule has 0 atom stereocenters. The first-order chi connectivity index (χ1) is 8.62. The summed E-state index contributed by atoms with van der Waals surface area (Å²) in [4.78, 5) is 0. The average molecular weight is 245 g/mol. The van der Waals surface area contributed by atoms with Crippen molar-refractivity contribution in [3.63, 3.8) is 0 Å². The molecule has 0 saturated carbocycles. The summed E-state index contributed by atoms with van der Waals surface area (Å²) in [5.41, 5.74) is 9.49. The van der Waals surface area contributed by atoms with Crippen LogP contribution < -0.4 is 5.73 Å². The molecule has 0 spiro atoms. The van der Waals surface area contributed by atoms with Crippen molar-refractivity contribution in [1.29, 1.82) is 0 Å². The molecule has 3 heteroatoms. The van der Waals surface area contributed by atoms with E-state index in [4.69, 9.17) is 5.73 Å². The van der Waals surface area contributed by atoms with Gasteiger partial charge in [-0.25, -0.2) is 0 Å². The quantitative estimate of drug-likeness (QED) is 0.736. The number of hydrogen-bond donors (Lipinski definition) is 1. The van der Waals surface area contributed by atoms with Gasteiger partial charge in [-0.15, -0.1) is 0 Å². The number of nitrogens with two attached hydrogens (primary N) is 1. The van der Waals surface area contributed by atoms with Crippen LogP contribution in [-0.2, 0) is 12.3 Å². The van der Waals surface area contributed by atoms with Crippen molar-refractivity contribution < 1.29 is 8.78 Å². The molecule has 2 aromatic rings. The maximum absolute atomic E-state index is 13.6. The van der Waals surface area contributed by atoms with E-state index < -0.39 is 12.5 Å². The summed E-state index contributed by atoms with van der Waals surface area (Å²) in [6.45, 7) is -0.654. The summed E-state index contributed by atoms with van der Waals surface area (Å²) in [6, 6.07) is 12.9. The second kappa shape index (κ2) is 3.89. The Morgan fingerprint density at radius 2 is 1.72 bits per heavy atom. The first kappa shape index (κ1) is 11.4. The second-order valence-corrected chi connectivity index (χ2v) is 4.61. The highest BCUT2D eigenvalue weighted by Crippen LogP contribution is 2.39. The third kappa shape index (κ3) is 1.63. The summed E-state index contributed by atoms with van der Waals surface area (Å²) in [7, 11) is 0. The van der Waals surface area contributed by atoms with Crippen molar-refractivity contribution in [1.82, 2.24) is 0 Å². The molecule has 2 aromatic carbocycles. The number of fused-ring (bicyclic) bond motifs is 3. The Morgan fingerprint density at radius 3 is 2.50 bits per heavy atom. The van der Waals surface area contributed by atoms with Gasteiger partial charge < -0.3 is 5.73 Å². The van der Waals surface area contributed by atoms with Crippen LogP contribution >= 0.6 is 0 Å². The van der Waals surface area contributed by atoms with Crippen molar-refractivity contribution in [3.05, 3.63) is 59.2 Å². The van der Waals surface area contributed by atoms with E-state index in [0.29, 0.717) is 0 Å². The Bertz CT molecular complexity index is 605. The van der Waals surface area contributed by atoms with E-state index in [1.165, 1.54) is 11.6 Å². The molecule has 0 heterocycles. The standard InChI is InChI=1S/C15H13F2N/c16-15(17,9-18)12-5-6-14-11(8-12)7-10-3-1-2-4-13(10)14/h1-6,8H,7,9,18H2. The van der Waals surface area contributed by atoms with Crippen molar-refractivity contribution in [3.8, 4) is 11.1 Å². The molecule has 3 rings (SSSR count). The van der Waals surface area contributed by atoms with E-state index in [2.05, 4.69) is 0 Å². The lowest BCUT2D eigenvalue weighted by molar-refractivity contribution is 0.00590. The Kier molecular flexibility index (Phi) is 2.45. The fraction of sp³-hybridized carbons (Fsp3) is 0.200. The monoisotopic (exact) mass is 245 g/mol. The summed E-state index contributed by atoms with van der Waals surface area (Å²) in [5, 5.41) is 0. The molecule has 92 valence electrons. The molecule has 2 N–H and O–H groups in total. The number of halogens is 2. The highest BCUT2D eigenvalue weighted by molar-refractivity contribution is 5.77. The second-order valence-electron chi connectivity index (χ2n) is 4.61. The van der Waals surface area contributed by atoms with E-state index in [1.807, 2.05) is 24.3 Å². The highest BCUT2D eigenvalue weighted by Gasteiger charge is 2.31. The van der Waals surface area contributed by atoms with Crippen LogP contribution in [0.25, 0.3) is 11.1 Å². The molecule has 1 aliphatic carbocycles. The molecule has 0 fully saturated rings. The zero-order valence-corrected chi connectivity index (χ0v) is 9.79. The van der Waals surface area contributed by atoms with Crippen molar-refractivity contribution in [2.24, 2.45) is 5.73 Å². The van der Waals surface area contributed by atoms with Gasteiger partial charge in [-0.3, -0.25) is 0 Å². The van der Waals surface area contributed by atoms with Gasteiger partial charge in [0.2, 0.25) is 0 Å². The van der Waals surface area contributed by atoms with E-state index in [1.54, 1.807) is 12.1 Å². The Hall–Kier alpha value is -1.74. The minimum absolute atomic E-state index is 0.0107. The minimum atomic E-state index is -2.94. The molecule has 0 aromatic heterocycles. The third-order valence-corrected chi connectivity index (χ3v) is 3.47. The summed E-state index contributed by atoms with van der Waals surface area (Å²) in [6.07, 6.45) is 0.722. The molecular weight excluding hydrogens is 232 g/mol. The fourth-order valence-electron chi connectivity index (χ4n) is 2.49. The Balaban J connectivity index is 2.09. The first-order valence-electron chi connectivity index (χ1n) is 5.91. The van der Waals surface area contributed by atoms with E-state index in [0.717, 1.165) is 23.1 Å². The number of hydrogen-bond acceptors (Lipinski definition) is 1. The van der Waals surface area contributed by atoms with E-state index in [-0.39, 0.29) is 5.56 Å². The van der Waals surface area contributed by atoms with E-state index in [9.17, 15) is 8.78 Å². The van der Waals surface area contributed by atoms with Crippen LogP contribution in [0.5, 0.6) is 0 Å². The van der Waals surface area contributed by atoms with E-state index >= 15 is 0 Å². The number of rotatable bonds is 2. The summed E-state index contributed by atoms with van der Waals surface area (Å²) >= 11 is 0. The average Bonchev–Trinajstić information content (AvgIpc) is 2.76. The molecule has 0 amide bonds. The number of benzene rings is 2. The molecule has 0 bridgehead atoms. The summed E-state index contributed by atoms with van der Waals surface area (Å²) < 4.78 is 27.1. The van der Waals surface area contributed by atoms with Crippen molar-refractivity contribution >= 4 is 0 Å². The van der Waals surface area contributed by atoms with Gasteiger partial charge in [0.15, 0.2) is 0 Å². The zero-order valence-electron chi connectivity index (χ0n) is 9.79. The fourth-order valence-corrected chi connectivity index (χ4v) is 2.49.